The number of carboxylic acids is 1. The van der Waals surface area contributed by atoms with Crippen LogP contribution < -0.4 is 25.0 Å². The van der Waals surface area contributed by atoms with E-state index >= 15 is 0 Å². The van der Waals surface area contributed by atoms with Crippen molar-refractivity contribution < 1.29 is 37.6 Å². The predicted octanol–water partition coefficient (Wildman–Crippen LogP) is 3.66. The Kier molecular flexibility index (Phi) is 8.23. The van der Waals surface area contributed by atoms with Crippen LogP contribution in [0.5, 0.6) is 11.6 Å². The van der Waals surface area contributed by atoms with E-state index in [0.29, 0.717) is 53.9 Å². The highest BCUT2D eigenvalue weighted by Crippen LogP contribution is 2.41. The zero-order valence-electron chi connectivity index (χ0n) is 25.0. The van der Waals surface area contributed by atoms with E-state index in [1.54, 1.807) is 24.4 Å². The number of hydrogen-bond acceptors (Lipinski definition) is 12. The average molecular weight is 669 g/mol. The van der Waals surface area contributed by atoms with Crippen molar-refractivity contribution >= 4 is 28.9 Å². The second kappa shape index (κ2) is 12.5. The number of alkyl halides is 2. The van der Waals surface area contributed by atoms with Gasteiger partial charge in [-0.05, 0) is 42.1 Å². The number of nitrogens with one attached hydrogen (secondary N) is 1. The first-order valence-electron chi connectivity index (χ1n) is 14.9. The third-order valence-electron chi connectivity index (χ3n) is 8.65. The molecule has 16 heteroatoms. The van der Waals surface area contributed by atoms with Gasteiger partial charge in [0.05, 0.1) is 37.3 Å². The van der Waals surface area contributed by atoms with Crippen molar-refractivity contribution in [1.29, 1.82) is 0 Å². The number of morpholine rings is 1. The van der Waals surface area contributed by atoms with E-state index in [-0.39, 0.29) is 36.6 Å². The molecule has 47 heavy (non-hydrogen) atoms. The first kappa shape index (κ1) is 31.0. The van der Waals surface area contributed by atoms with E-state index in [1.165, 1.54) is 28.4 Å². The number of benzene rings is 1. The van der Waals surface area contributed by atoms with Gasteiger partial charge in [0.2, 0.25) is 11.8 Å². The second-order valence-corrected chi connectivity index (χ2v) is 12.4. The van der Waals surface area contributed by atoms with Gasteiger partial charge < -0.3 is 33.9 Å². The number of thiophene rings is 1. The summed E-state index contributed by atoms with van der Waals surface area (Å²) in [6.45, 7) is 0.955. The number of halogens is 2. The zero-order valence-corrected chi connectivity index (χ0v) is 25.9. The molecule has 246 valence electrons. The molecule has 0 saturated carbocycles. The molecule has 3 aromatic heterocycles. The molecular formula is C31H30F2N6O7S. The number of aliphatic carboxylic acids is 1. The molecular weight excluding hydrogens is 638 g/mol. The van der Waals surface area contributed by atoms with Gasteiger partial charge in [0, 0.05) is 24.7 Å². The molecule has 3 fully saturated rings. The summed E-state index contributed by atoms with van der Waals surface area (Å²) >= 11 is 1.38. The smallest absolute Gasteiger partial charge is 0.387 e. The largest absolute Gasteiger partial charge is 0.480 e. The number of carbonyl (C=O) groups is 1. The Morgan fingerprint density at radius 1 is 1.17 bits per heavy atom. The molecule has 3 aliphatic rings. The lowest BCUT2D eigenvalue weighted by atomic mass is 9.90. The number of carboxylic acid groups (broad SMARTS) is 1. The monoisotopic (exact) mass is 668 g/mol. The lowest BCUT2D eigenvalue weighted by molar-refractivity contribution is -0.228. The first-order chi connectivity index (χ1) is 22.7. The molecule has 0 unspecified atom stereocenters. The van der Waals surface area contributed by atoms with Crippen LogP contribution in [-0.2, 0) is 14.3 Å². The molecule has 0 radical (unpaired) electrons. The van der Waals surface area contributed by atoms with Crippen LogP contribution in [0.3, 0.4) is 0 Å². The van der Waals surface area contributed by atoms with Gasteiger partial charge >= 0.3 is 18.3 Å². The molecule has 1 aromatic carbocycles. The topological polar surface area (TPSA) is 152 Å². The molecule has 13 nitrogen and oxygen atoms in total. The van der Waals surface area contributed by atoms with Crippen molar-refractivity contribution in [2.75, 3.05) is 42.7 Å². The number of nitrogens with zero attached hydrogens (tertiary/aromatic N) is 5. The van der Waals surface area contributed by atoms with Crippen LogP contribution in [0, 0.1) is 0 Å². The lowest BCUT2D eigenvalue weighted by Gasteiger charge is -2.53. The number of aromatic nitrogens is 4. The molecule has 0 amide bonds. The van der Waals surface area contributed by atoms with Crippen LogP contribution in [0.2, 0.25) is 0 Å². The number of H-pyrrole nitrogens is 1. The Bertz CT molecular complexity index is 1820. The highest BCUT2D eigenvalue weighted by Gasteiger charge is 2.50. The summed E-state index contributed by atoms with van der Waals surface area (Å²) in [5, 5.41) is 12.0. The Morgan fingerprint density at radius 2 is 2.02 bits per heavy atom. The molecule has 2 N–H and O–H groups in total. The Hall–Kier alpha value is -4.67. The molecule has 0 bridgehead atoms. The third kappa shape index (κ3) is 6.11. The van der Waals surface area contributed by atoms with Crippen molar-refractivity contribution in [3.8, 4) is 33.5 Å². The van der Waals surface area contributed by atoms with Gasteiger partial charge in [-0.1, -0.05) is 18.2 Å². The highest BCUT2D eigenvalue weighted by atomic mass is 32.1. The molecule has 3 saturated heterocycles. The fourth-order valence-electron chi connectivity index (χ4n) is 6.18. The summed E-state index contributed by atoms with van der Waals surface area (Å²) in [7, 11) is 0. The van der Waals surface area contributed by atoms with Crippen molar-refractivity contribution in [1.82, 2.24) is 19.9 Å². The highest BCUT2D eigenvalue weighted by molar-refractivity contribution is 7.13. The summed E-state index contributed by atoms with van der Waals surface area (Å²) in [5.74, 6) is -0.555. The zero-order chi connectivity index (χ0) is 32.7. The van der Waals surface area contributed by atoms with Gasteiger partial charge in [-0.2, -0.15) is 18.7 Å². The number of hydrogen-bond donors (Lipinski definition) is 2. The summed E-state index contributed by atoms with van der Waals surface area (Å²) in [5.41, 5.74) is 0.718. The number of ether oxygens (including phenoxy) is 4. The quantitative estimate of drug-likeness (QED) is 0.268. The number of aromatic amines is 1. The van der Waals surface area contributed by atoms with Gasteiger partial charge in [-0.3, -0.25) is 4.98 Å². The van der Waals surface area contributed by atoms with Gasteiger partial charge in [0.25, 0.3) is 0 Å². The summed E-state index contributed by atoms with van der Waals surface area (Å²) in [4.78, 5) is 44.9. The maximum atomic E-state index is 12.9. The van der Waals surface area contributed by atoms with Crippen molar-refractivity contribution in [2.24, 2.45) is 0 Å². The Labute approximate surface area is 270 Å². The number of rotatable bonds is 9. The van der Waals surface area contributed by atoms with Crippen LogP contribution in [-0.4, -0.2) is 94.3 Å². The fraction of sp³-hybridized carbons (Fsp3) is 0.387. The minimum atomic E-state index is -2.97. The number of anilines is 2. The molecule has 1 spiro atoms. The third-order valence-corrected chi connectivity index (χ3v) is 9.53. The van der Waals surface area contributed by atoms with Gasteiger partial charge in [0.15, 0.2) is 5.82 Å². The first-order valence-corrected chi connectivity index (χ1v) is 15.8. The van der Waals surface area contributed by atoms with Crippen molar-refractivity contribution in [3.63, 3.8) is 0 Å². The van der Waals surface area contributed by atoms with Crippen LogP contribution in [0.4, 0.5) is 20.4 Å². The molecule has 6 heterocycles. The van der Waals surface area contributed by atoms with Crippen LogP contribution >= 0.6 is 11.3 Å². The van der Waals surface area contributed by atoms with E-state index in [9.17, 15) is 23.5 Å². The van der Waals surface area contributed by atoms with E-state index < -0.39 is 36.0 Å². The summed E-state index contributed by atoms with van der Waals surface area (Å²) in [6, 6.07) is 10.6. The van der Waals surface area contributed by atoms with Gasteiger partial charge in [-0.15, -0.1) is 11.3 Å². The molecule has 0 aliphatic carbocycles. The summed E-state index contributed by atoms with van der Waals surface area (Å²) in [6.07, 6.45) is 0.996. The second-order valence-electron chi connectivity index (χ2n) is 11.5. The van der Waals surface area contributed by atoms with Crippen molar-refractivity contribution in [3.05, 3.63) is 64.5 Å². The van der Waals surface area contributed by atoms with Gasteiger partial charge in [-0.25, -0.2) is 14.6 Å². The SMILES string of the molecule is C[C@@H]1N(c2cc(-c3cccc(OC(F)F)c3)cnc2O[C@H]2C[C@@H](C(=O)O)N(c3nc(-c4cccs4)[nH]c(=O)n3)C2)CCOC12COC2. The predicted molar refractivity (Wildman–Crippen MR) is 166 cm³/mol. The Balaban J connectivity index is 1.22. The maximum Gasteiger partial charge on any atom is 0.387 e. The standard InChI is InChI=1S/C31H30F2N6O7S/c1-17-31(15-43-16-31)44-8-7-38(17)22-11-19(18-4-2-5-20(10-18)46-28(32)33)13-34-26(22)45-21-12-23(27(40)41)39(14-21)29-35-25(36-30(42)37-29)24-6-3-9-47-24/h2-6,9-11,13,17,21,23,28H,7-8,12,14-16H2,1H3,(H,40,41)(H,35,36,37,42)/t17-,21-,23-/m0/s1. The normalized spacial score (nSPS) is 22.0. The van der Waals surface area contributed by atoms with Crippen LogP contribution in [0.15, 0.2) is 58.8 Å². The Morgan fingerprint density at radius 3 is 2.74 bits per heavy atom. The fourth-order valence-corrected chi connectivity index (χ4v) is 6.85. The average Bonchev–Trinajstić information content (AvgIpc) is 3.72. The van der Waals surface area contributed by atoms with Crippen LogP contribution in [0.25, 0.3) is 21.8 Å². The molecule has 3 atom stereocenters. The van der Waals surface area contributed by atoms with Crippen molar-refractivity contribution in [2.45, 2.75) is 43.7 Å². The van der Waals surface area contributed by atoms with E-state index in [1.807, 2.05) is 24.4 Å². The summed E-state index contributed by atoms with van der Waals surface area (Å²) < 4.78 is 48.6. The minimum absolute atomic E-state index is 0.0136. The number of pyridine rings is 1. The molecule has 3 aliphatic heterocycles. The van der Waals surface area contributed by atoms with E-state index in [4.69, 9.17) is 14.2 Å². The van der Waals surface area contributed by atoms with Crippen LogP contribution in [0.1, 0.15) is 13.3 Å². The van der Waals surface area contributed by atoms with E-state index in [0.717, 1.165) is 0 Å². The molecule has 7 rings (SSSR count). The molecule has 4 aromatic rings. The lowest BCUT2D eigenvalue weighted by Crippen LogP contribution is -2.68. The van der Waals surface area contributed by atoms with E-state index in [2.05, 4.69) is 29.6 Å². The minimum Gasteiger partial charge on any atom is -0.480 e. The maximum absolute atomic E-state index is 12.9. The van der Waals surface area contributed by atoms with Gasteiger partial charge in [0.1, 0.15) is 29.2 Å².